The van der Waals surface area contributed by atoms with Gasteiger partial charge in [0.15, 0.2) is 5.78 Å². The van der Waals surface area contributed by atoms with Crippen LogP contribution >= 0.6 is 0 Å². The molecule has 0 spiro atoms. The lowest BCUT2D eigenvalue weighted by Crippen LogP contribution is -2.22. The summed E-state index contributed by atoms with van der Waals surface area (Å²) in [6.07, 6.45) is 4.09. The van der Waals surface area contributed by atoms with Crippen molar-refractivity contribution in [2.75, 3.05) is 0 Å². The van der Waals surface area contributed by atoms with Crippen molar-refractivity contribution in [3.05, 3.63) is 58.9 Å². The lowest BCUT2D eigenvalue weighted by Gasteiger charge is -2.23. The van der Waals surface area contributed by atoms with Crippen LogP contribution in [-0.4, -0.2) is 21.4 Å². The first-order valence-corrected chi connectivity index (χ1v) is 7.07. The first kappa shape index (κ1) is 13.6. The van der Waals surface area contributed by atoms with Gasteiger partial charge in [-0.25, -0.2) is 4.79 Å². The fourth-order valence-electron chi connectivity index (χ4n) is 3.07. The highest BCUT2D eigenvalue weighted by Gasteiger charge is 2.26. The number of fused-ring (bicyclic) bond motifs is 1. The van der Waals surface area contributed by atoms with Gasteiger partial charge in [0, 0.05) is 24.7 Å². The van der Waals surface area contributed by atoms with Gasteiger partial charge in [-0.15, -0.1) is 0 Å². The number of aromatic nitrogens is 1. The van der Waals surface area contributed by atoms with Crippen LogP contribution in [0.25, 0.3) is 0 Å². The van der Waals surface area contributed by atoms with Gasteiger partial charge in [0.05, 0.1) is 0 Å². The summed E-state index contributed by atoms with van der Waals surface area (Å²) in [5.74, 6) is -1.01. The molecule has 1 N–H and O–H groups in total. The monoisotopic (exact) mass is 283 g/mol. The fraction of sp³-hybridized carbons (Fsp3) is 0.294. The van der Waals surface area contributed by atoms with Crippen molar-refractivity contribution in [2.24, 2.45) is 13.0 Å². The summed E-state index contributed by atoms with van der Waals surface area (Å²) in [5, 5.41) is 9.07. The molecule has 1 aromatic carbocycles. The van der Waals surface area contributed by atoms with Crippen molar-refractivity contribution in [1.29, 1.82) is 0 Å². The number of hydrogen-bond donors (Lipinski definition) is 1. The minimum absolute atomic E-state index is 0.0487. The van der Waals surface area contributed by atoms with Crippen LogP contribution < -0.4 is 0 Å². The third-order valence-corrected chi connectivity index (χ3v) is 4.23. The SMILES string of the molecule is Cn1cc(C(=O)C2CCc3ccccc3C2)cc1C(=O)O. The zero-order chi connectivity index (χ0) is 15.0. The Morgan fingerprint density at radius 3 is 2.62 bits per heavy atom. The number of carboxylic acids is 1. The molecule has 4 heteroatoms. The van der Waals surface area contributed by atoms with E-state index >= 15 is 0 Å². The molecule has 0 aliphatic heterocycles. The number of ketones is 1. The van der Waals surface area contributed by atoms with Gasteiger partial charge in [0.1, 0.15) is 5.69 Å². The number of rotatable bonds is 3. The molecule has 3 rings (SSSR count). The quantitative estimate of drug-likeness (QED) is 0.881. The van der Waals surface area contributed by atoms with Gasteiger partial charge in [-0.05, 0) is 36.5 Å². The predicted octanol–water partition coefficient (Wildman–Crippen LogP) is 2.71. The number of carboxylic acid groups (broad SMARTS) is 1. The van der Waals surface area contributed by atoms with Crippen molar-refractivity contribution in [2.45, 2.75) is 19.3 Å². The molecular formula is C17H17NO3. The molecule has 21 heavy (non-hydrogen) atoms. The summed E-state index contributed by atoms with van der Waals surface area (Å²) in [6, 6.07) is 9.68. The molecular weight excluding hydrogens is 266 g/mol. The molecule has 1 aliphatic carbocycles. The number of carbonyl (C=O) groups excluding carboxylic acids is 1. The number of carbonyl (C=O) groups is 2. The van der Waals surface area contributed by atoms with E-state index in [1.54, 1.807) is 13.2 Å². The molecule has 1 atom stereocenters. The molecule has 0 bridgehead atoms. The van der Waals surface area contributed by atoms with E-state index in [2.05, 4.69) is 12.1 Å². The summed E-state index contributed by atoms with van der Waals surface area (Å²) in [4.78, 5) is 23.7. The Labute approximate surface area is 123 Å². The number of benzene rings is 1. The lowest BCUT2D eigenvalue weighted by atomic mass is 9.80. The van der Waals surface area contributed by atoms with Gasteiger partial charge in [-0.3, -0.25) is 4.79 Å². The fourth-order valence-corrected chi connectivity index (χ4v) is 3.07. The summed E-state index contributed by atoms with van der Waals surface area (Å²) in [5.41, 5.74) is 3.20. The molecule has 108 valence electrons. The molecule has 1 unspecified atom stereocenters. The second-order valence-electron chi connectivity index (χ2n) is 5.60. The van der Waals surface area contributed by atoms with Gasteiger partial charge < -0.3 is 9.67 Å². The molecule has 2 aromatic rings. The molecule has 0 radical (unpaired) electrons. The molecule has 0 saturated carbocycles. The Hall–Kier alpha value is -2.36. The number of hydrogen-bond acceptors (Lipinski definition) is 2. The van der Waals surface area contributed by atoms with Crippen molar-refractivity contribution in [3.8, 4) is 0 Å². The van der Waals surface area contributed by atoms with Crippen LogP contribution in [0.3, 0.4) is 0 Å². The van der Waals surface area contributed by atoms with Crippen LogP contribution in [0, 0.1) is 5.92 Å². The molecule has 1 aliphatic rings. The van der Waals surface area contributed by atoms with E-state index in [1.165, 1.54) is 21.8 Å². The molecule has 0 saturated heterocycles. The van der Waals surface area contributed by atoms with E-state index in [4.69, 9.17) is 5.11 Å². The second kappa shape index (κ2) is 5.20. The van der Waals surface area contributed by atoms with Crippen molar-refractivity contribution >= 4 is 11.8 Å². The second-order valence-corrected chi connectivity index (χ2v) is 5.60. The summed E-state index contributed by atoms with van der Waals surface area (Å²) < 4.78 is 1.49. The third kappa shape index (κ3) is 2.49. The van der Waals surface area contributed by atoms with Gasteiger partial charge >= 0.3 is 5.97 Å². The minimum atomic E-state index is -1.01. The van der Waals surface area contributed by atoms with Gasteiger partial charge in [-0.2, -0.15) is 0 Å². The van der Waals surface area contributed by atoms with Crippen molar-refractivity contribution < 1.29 is 14.7 Å². The molecule has 4 nitrogen and oxygen atoms in total. The maximum atomic E-state index is 12.6. The standard InChI is InChI=1S/C17H17NO3/c1-18-10-14(9-15(18)17(20)21)16(19)13-7-6-11-4-2-3-5-12(11)8-13/h2-5,9-10,13H,6-8H2,1H3,(H,20,21). The van der Waals surface area contributed by atoms with E-state index in [1.807, 2.05) is 12.1 Å². The highest BCUT2D eigenvalue weighted by molar-refractivity contribution is 6.00. The zero-order valence-electron chi connectivity index (χ0n) is 11.9. The minimum Gasteiger partial charge on any atom is -0.477 e. The molecule has 0 fully saturated rings. The summed E-state index contributed by atoms with van der Waals surface area (Å²) >= 11 is 0. The molecule has 1 heterocycles. The Bertz CT molecular complexity index is 715. The topological polar surface area (TPSA) is 59.3 Å². The van der Waals surface area contributed by atoms with Gasteiger partial charge in [-0.1, -0.05) is 24.3 Å². The van der Waals surface area contributed by atoms with E-state index in [0.717, 1.165) is 19.3 Å². The van der Waals surface area contributed by atoms with Crippen LogP contribution in [0.15, 0.2) is 36.5 Å². The van der Waals surface area contributed by atoms with Crippen LogP contribution in [-0.2, 0) is 19.9 Å². The van der Waals surface area contributed by atoms with Gasteiger partial charge in [0.2, 0.25) is 0 Å². The molecule has 1 aromatic heterocycles. The predicted molar refractivity (Wildman–Crippen MR) is 78.7 cm³/mol. The van der Waals surface area contributed by atoms with E-state index in [9.17, 15) is 9.59 Å². The highest BCUT2D eigenvalue weighted by atomic mass is 16.4. The number of nitrogens with zero attached hydrogens (tertiary/aromatic N) is 1. The van der Waals surface area contributed by atoms with E-state index < -0.39 is 5.97 Å². The highest BCUT2D eigenvalue weighted by Crippen LogP contribution is 2.28. The van der Waals surface area contributed by atoms with Crippen LogP contribution in [0.2, 0.25) is 0 Å². The smallest absolute Gasteiger partial charge is 0.352 e. The first-order valence-electron chi connectivity index (χ1n) is 7.07. The zero-order valence-corrected chi connectivity index (χ0v) is 11.9. The van der Waals surface area contributed by atoms with E-state index in [-0.39, 0.29) is 17.4 Å². The van der Waals surface area contributed by atoms with Crippen molar-refractivity contribution in [1.82, 2.24) is 4.57 Å². The first-order chi connectivity index (χ1) is 10.1. The Kier molecular flexibility index (Phi) is 3.37. The lowest BCUT2D eigenvalue weighted by molar-refractivity contribution is 0.0686. The summed E-state index contributed by atoms with van der Waals surface area (Å²) in [7, 11) is 1.65. The maximum Gasteiger partial charge on any atom is 0.352 e. The van der Waals surface area contributed by atoms with Crippen LogP contribution in [0.5, 0.6) is 0 Å². The largest absolute Gasteiger partial charge is 0.477 e. The van der Waals surface area contributed by atoms with Crippen LogP contribution in [0.1, 0.15) is 38.4 Å². The van der Waals surface area contributed by atoms with Gasteiger partial charge in [0.25, 0.3) is 0 Å². The Morgan fingerprint density at radius 1 is 1.24 bits per heavy atom. The van der Waals surface area contributed by atoms with E-state index in [0.29, 0.717) is 5.56 Å². The Balaban J connectivity index is 1.84. The molecule has 0 amide bonds. The average Bonchev–Trinajstić information content (AvgIpc) is 2.88. The number of aromatic carboxylic acids is 1. The Morgan fingerprint density at radius 2 is 1.95 bits per heavy atom. The van der Waals surface area contributed by atoms with Crippen LogP contribution in [0.4, 0.5) is 0 Å². The number of Topliss-reactive ketones (excluding diaryl/α,β-unsaturated/α-hetero) is 1. The normalized spacial score (nSPS) is 17.3. The summed E-state index contributed by atoms with van der Waals surface area (Å²) in [6.45, 7) is 0. The maximum absolute atomic E-state index is 12.6. The third-order valence-electron chi connectivity index (χ3n) is 4.23. The number of aryl methyl sites for hydroxylation is 2. The van der Waals surface area contributed by atoms with Crippen molar-refractivity contribution in [3.63, 3.8) is 0 Å². The average molecular weight is 283 g/mol.